The molecule has 88 valence electrons. The van der Waals surface area contributed by atoms with Gasteiger partial charge in [0.15, 0.2) is 5.78 Å². The Hall–Kier alpha value is -0.670. The lowest BCUT2D eigenvalue weighted by molar-refractivity contribution is -0.131. The van der Waals surface area contributed by atoms with E-state index >= 15 is 0 Å². The van der Waals surface area contributed by atoms with E-state index in [1.165, 1.54) is 5.57 Å². The maximum atomic E-state index is 11.5. The van der Waals surface area contributed by atoms with Gasteiger partial charge in [0, 0.05) is 0 Å². The lowest BCUT2D eigenvalue weighted by atomic mass is 9.67. The van der Waals surface area contributed by atoms with Crippen molar-refractivity contribution in [2.45, 2.75) is 58.0 Å². The third-order valence-corrected chi connectivity index (χ3v) is 4.19. The average molecular weight is 222 g/mol. The molecule has 0 radical (unpaired) electrons. The van der Waals surface area contributed by atoms with Gasteiger partial charge in [0.25, 0.3) is 0 Å². The number of carbonyl (C=O) groups excluding carboxylic acids is 1. The van der Waals surface area contributed by atoms with Crippen molar-refractivity contribution < 1.29 is 14.3 Å². The number of epoxide rings is 1. The lowest BCUT2D eigenvalue weighted by Gasteiger charge is -2.39. The number of carbonyl (C=O) groups is 1. The van der Waals surface area contributed by atoms with E-state index in [1.807, 2.05) is 6.08 Å². The van der Waals surface area contributed by atoms with Crippen LogP contribution in [0, 0.1) is 5.41 Å². The Balaban J connectivity index is 2.03. The molecule has 0 bridgehead atoms. The molecule has 2 aliphatic heterocycles. The first-order valence-electron chi connectivity index (χ1n) is 5.91. The highest BCUT2D eigenvalue weighted by atomic mass is 16.6. The molecule has 3 aliphatic rings. The van der Waals surface area contributed by atoms with Gasteiger partial charge in [-0.15, -0.1) is 0 Å². The zero-order valence-corrected chi connectivity index (χ0v) is 10.2. The molecular formula is C13H18O3. The van der Waals surface area contributed by atoms with Crippen molar-refractivity contribution in [3.63, 3.8) is 0 Å². The molecule has 4 unspecified atom stereocenters. The minimum Gasteiger partial charge on any atom is -0.366 e. The molecule has 4 atom stereocenters. The first-order valence-corrected chi connectivity index (χ1v) is 5.91. The molecule has 2 heterocycles. The molecule has 0 aromatic carbocycles. The summed E-state index contributed by atoms with van der Waals surface area (Å²) in [6, 6.07) is 0. The van der Waals surface area contributed by atoms with Crippen LogP contribution >= 0.6 is 0 Å². The topological polar surface area (TPSA) is 38.8 Å². The maximum Gasteiger partial charge on any atom is 0.162 e. The van der Waals surface area contributed by atoms with Gasteiger partial charge in [-0.3, -0.25) is 4.79 Å². The second kappa shape index (κ2) is 2.77. The molecule has 0 spiro atoms. The number of fused-ring (bicyclic) bond motifs is 3. The number of ketones is 1. The zero-order valence-electron chi connectivity index (χ0n) is 10.2. The normalized spacial score (nSPS) is 48.0. The van der Waals surface area contributed by atoms with E-state index in [1.54, 1.807) is 6.92 Å². The van der Waals surface area contributed by atoms with Crippen molar-refractivity contribution in [1.29, 1.82) is 0 Å². The standard InChI is InChI=1S/C13H18O3/c1-7(14)8-5-10-12(2,3)6-9-11(15-9)13(10,4)16-8/h5,8-9,11H,6H2,1-4H3. The number of rotatable bonds is 1. The fourth-order valence-electron chi connectivity index (χ4n) is 3.39. The summed E-state index contributed by atoms with van der Waals surface area (Å²) >= 11 is 0. The average Bonchev–Trinajstić information content (AvgIpc) is 2.79. The minimum atomic E-state index is -0.373. The van der Waals surface area contributed by atoms with Crippen LogP contribution in [-0.2, 0) is 14.3 Å². The summed E-state index contributed by atoms with van der Waals surface area (Å²) in [4.78, 5) is 11.5. The van der Waals surface area contributed by atoms with E-state index in [2.05, 4.69) is 20.8 Å². The van der Waals surface area contributed by atoms with Crippen LogP contribution in [0.25, 0.3) is 0 Å². The second-order valence-electron chi connectivity index (χ2n) is 6.02. The van der Waals surface area contributed by atoms with E-state index < -0.39 is 0 Å². The van der Waals surface area contributed by atoms with E-state index in [9.17, 15) is 4.79 Å². The summed E-state index contributed by atoms with van der Waals surface area (Å²) in [5.41, 5.74) is 0.957. The van der Waals surface area contributed by atoms with Gasteiger partial charge < -0.3 is 9.47 Å². The Kier molecular flexibility index (Phi) is 1.81. The Morgan fingerprint density at radius 2 is 2.12 bits per heavy atom. The molecule has 0 amide bonds. The summed E-state index contributed by atoms with van der Waals surface area (Å²) in [7, 11) is 0. The summed E-state index contributed by atoms with van der Waals surface area (Å²) in [6.07, 6.45) is 3.16. The third-order valence-electron chi connectivity index (χ3n) is 4.19. The molecule has 1 saturated heterocycles. The fourth-order valence-corrected chi connectivity index (χ4v) is 3.39. The molecule has 3 nitrogen and oxygen atoms in total. The molecule has 2 fully saturated rings. The fraction of sp³-hybridized carbons (Fsp3) is 0.769. The molecule has 16 heavy (non-hydrogen) atoms. The largest absolute Gasteiger partial charge is 0.366 e. The highest BCUT2D eigenvalue weighted by Crippen LogP contribution is 2.58. The summed E-state index contributed by atoms with van der Waals surface area (Å²) < 4.78 is 11.6. The van der Waals surface area contributed by atoms with Crippen molar-refractivity contribution in [3.05, 3.63) is 11.6 Å². The maximum absolute atomic E-state index is 11.5. The Labute approximate surface area is 95.8 Å². The first-order chi connectivity index (χ1) is 7.34. The van der Waals surface area contributed by atoms with E-state index in [0.717, 1.165) is 6.42 Å². The van der Waals surface area contributed by atoms with Crippen LogP contribution in [0.5, 0.6) is 0 Å². The number of hydrogen-bond acceptors (Lipinski definition) is 3. The van der Waals surface area contributed by atoms with Gasteiger partial charge in [-0.25, -0.2) is 0 Å². The van der Waals surface area contributed by atoms with Gasteiger partial charge in [0.05, 0.1) is 6.10 Å². The smallest absolute Gasteiger partial charge is 0.162 e. The minimum absolute atomic E-state index is 0.0797. The molecular weight excluding hydrogens is 204 g/mol. The molecule has 1 saturated carbocycles. The molecule has 1 aliphatic carbocycles. The Morgan fingerprint density at radius 3 is 2.75 bits per heavy atom. The Bertz CT molecular complexity index is 396. The van der Waals surface area contributed by atoms with Gasteiger partial charge in [0.2, 0.25) is 0 Å². The zero-order chi connectivity index (χ0) is 11.7. The summed E-state index contributed by atoms with van der Waals surface area (Å²) in [6.45, 7) is 8.07. The molecule has 0 aromatic rings. The van der Waals surface area contributed by atoms with Crippen LogP contribution in [-0.4, -0.2) is 29.7 Å². The monoisotopic (exact) mass is 222 g/mol. The van der Waals surface area contributed by atoms with Crippen LogP contribution < -0.4 is 0 Å². The third kappa shape index (κ3) is 1.19. The highest BCUT2D eigenvalue weighted by molar-refractivity contribution is 5.83. The predicted molar refractivity (Wildman–Crippen MR) is 59.1 cm³/mol. The molecule has 3 rings (SSSR count). The van der Waals surface area contributed by atoms with Crippen LogP contribution in [0.2, 0.25) is 0 Å². The van der Waals surface area contributed by atoms with E-state index in [4.69, 9.17) is 9.47 Å². The summed E-state index contributed by atoms with van der Waals surface area (Å²) in [5.74, 6) is 0.0797. The number of ether oxygens (including phenoxy) is 2. The highest BCUT2D eigenvalue weighted by Gasteiger charge is 2.65. The number of hydrogen-bond donors (Lipinski definition) is 0. The number of Topliss-reactive ketones (excluding diaryl/α,β-unsaturated/α-hetero) is 1. The van der Waals surface area contributed by atoms with Crippen molar-refractivity contribution in [2.24, 2.45) is 5.41 Å². The van der Waals surface area contributed by atoms with Crippen molar-refractivity contribution >= 4 is 5.78 Å². The van der Waals surface area contributed by atoms with E-state index in [0.29, 0.717) is 6.10 Å². The summed E-state index contributed by atoms with van der Waals surface area (Å²) in [5, 5.41) is 0. The lowest BCUT2D eigenvalue weighted by Crippen LogP contribution is -2.45. The molecule has 0 aromatic heterocycles. The van der Waals surface area contributed by atoms with Crippen LogP contribution in [0.15, 0.2) is 11.6 Å². The van der Waals surface area contributed by atoms with Crippen molar-refractivity contribution in [2.75, 3.05) is 0 Å². The van der Waals surface area contributed by atoms with Gasteiger partial charge in [-0.2, -0.15) is 0 Å². The SMILES string of the molecule is CC(=O)C1C=C2C(C)(C)CC3OC3C2(C)O1. The van der Waals surface area contributed by atoms with Gasteiger partial charge in [0.1, 0.15) is 17.8 Å². The quantitative estimate of drug-likeness (QED) is 0.502. The predicted octanol–water partition coefficient (Wildman–Crippen LogP) is 1.86. The molecule has 3 heteroatoms. The van der Waals surface area contributed by atoms with Gasteiger partial charge >= 0.3 is 0 Å². The first kappa shape index (κ1) is 10.5. The van der Waals surface area contributed by atoms with E-state index in [-0.39, 0.29) is 29.0 Å². The Morgan fingerprint density at radius 1 is 1.44 bits per heavy atom. The second-order valence-corrected chi connectivity index (χ2v) is 6.02. The van der Waals surface area contributed by atoms with Crippen molar-refractivity contribution in [3.8, 4) is 0 Å². The molecule has 0 N–H and O–H groups in total. The van der Waals surface area contributed by atoms with Gasteiger partial charge in [-0.05, 0) is 37.3 Å². The van der Waals surface area contributed by atoms with Crippen LogP contribution in [0.4, 0.5) is 0 Å². The van der Waals surface area contributed by atoms with Crippen molar-refractivity contribution in [1.82, 2.24) is 0 Å². The van der Waals surface area contributed by atoms with Crippen LogP contribution in [0.1, 0.15) is 34.1 Å². The van der Waals surface area contributed by atoms with Gasteiger partial charge in [-0.1, -0.05) is 13.8 Å². The van der Waals surface area contributed by atoms with Crippen LogP contribution in [0.3, 0.4) is 0 Å².